The third kappa shape index (κ3) is 6.07. The van der Waals surface area contributed by atoms with Gasteiger partial charge < -0.3 is 14.3 Å². The lowest BCUT2D eigenvalue weighted by atomic mass is 10.1. The number of carbonyl (C=O) groups excluding carboxylic acids is 1. The lowest BCUT2D eigenvalue weighted by Crippen LogP contribution is -2.29. The number of hydrogen-bond acceptors (Lipinski definition) is 8. The standard InChI is InChI=1S/C17H14F3N3O6S/c1-30(25,26)23-16(24)13-7-6-12(9-21-13)27-15-8-14(29-22-15)10-2-4-11(5-3-10)28-17(18,19)20/h2-7,9,14H,8H2,1H3,(H,23,24)/t14-/m1/s1. The summed E-state index contributed by atoms with van der Waals surface area (Å²) in [6.45, 7) is 0. The summed E-state index contributed by atoms with van der Waals surface area (Å²) in [6.07, 6.45) is -3.09. The number of alkyl halides is 3. The first-order valence-corrected chi connectivity index (χ1v) is 10.1. The number of benzene rings is 1. The van der Waals surface area contributed by atoms with E-state index in [1.54, 1.807) is 4.72 Å². The molecule has 0 bridgehead atoms. The fourth-order valence-corrected chi connectivity index (χ4v) is 2.85. The monoisotopic (exact) mass is 445 g/mol. The molecule has 1 amide bonds. The highest BCUT2D eigenvalue weighted by atomic mass is 32.2. The number of nitrogens with zero attached hydrogens (tertiary/aromatic N) is 2. The zero-order valence-electron chi connectivity index (χ0n) is 15.2. The van der Waals surface area contributed by atoms with Crippen LogP contribution in [0.2, 0.25) is 0 Å². The number of oxime groups is 1. The quantitative estimate of drug-likeness (QED) is 0.752. The van der Waals surface area contributed by atoms with E-state index < -0.39 is 28.4 Å². The maximum absolute atomic E-state index is 12.2. The number of sulfonamides is 1. The molecule has 3 rings (SSSR count). The summed E-state index contributed by atoms with van der Waals surface area (Å²) in [6, 6.07) is 7.82. The van der Waals surface area contributed by atoms with Crippen LogP contribution in [0.5, 0.6) is 11.5 Å². The molecule has 2 aromatic rings. The molecule has 1 aromatic carbocycles. The SMILES string of the molecule is CS(=O)(=O)NC(=O)c1ccc(OC2=NO[C@@H](c3ccc(OC(F)(F)F)cc3)C2)cn1. The Morgan fingerprint density at radius 1 is 1.17 bits per heavy atom. The molecule has 9 nitrogen and oxygen atoms in total. The average Bonchev–Trinajstić information content (AvgIpc) is 3.08. The first kappa shape index (κ1) is 21.4. The Hall–Kier alpha value is -3.35. The van der Waals surface area contributed by atoms with E-state index in [9.17, 15) is 26.4 Å². The molecule has 0 aliphatic carbocycles. The van der Waals surface area contributed by atoms with Crippen molar-refractivity contribution in [1.82, 2.24) is 9.71 Å². The first-order chi connectivity index (χ1) is 14.0. The lowest BCUT2D eigenvalue weighted by molar-refractivity contribution is -0.274. The second-order valence-corrected chi connectivity index (χ2v) is 7.83. The molecule has 1 atom stereocenters. The summed E-state index contributed by atoms with van der Waals surface area (Å²) in [5.74, 6) is -0.829. The van der Waals surface area contributed by atoms with Crippen molar-refractivity contribution in [3.8, 4) is 11.5 Å². The molecule has 0 saturated heterocycles. The first-order valence-electron chi connectivity index (χ1n) is 8.23. The van der Waals surface area contributed by atoms with E-state index in [1.165, 1.54) is 30.5 Å². The van der Waals surface area contributed by atoms with Crippen molar-refractivity contribution in [3.05, 3.63) is 53.9 Å². The van der Waals surface area contributed by atoms with Gasteiger partial charge in [0.1, 0.15) is 17.2 Å². The van der Waals surface area contributed by atoms with Crippen molar-refractivity contribution in [2.45, 2.75) is 18.9 Å². The lowest BCUT2D eigenvalue weighted by Gasteiger charge is -2.11. The molecular weight excluding hydrogens is 431 g/mol. The minimum atomic E-state index is -4.77. The van der Waals surface area contributed by atoms with Crippen LogP contribution in [0.4, 0.5) is 13.2 Å². The minimum Gasteiger partial charge on any atom is -0.438 e. The number of nitrogens with one attached hydrogen (secondary N) is 1. The predicted octanol–water partition coefficient (Wildman–Crippen LogP) is 2.52. The van der Waals surface area contributed by atoms with Gasteiger partial charge in [0.2, 0.25) is 15.9 Å². The molecule has 30 heavy (non-hydrogen) atoms. The topological polar surface area (TPSA) is 116 Å². The molecule has 0 saturated carbocycles. The van der Waals surface area contributed by atoms with Crippen LogP contribution in [0.3, 0.4) is 0 Å². The summed E-state index contributed by atoms with van der Waals surface area (Å²) in [4.78, 5) is 20.8. The number of carbonyl (C=O) groups is 1. The molecule has 0 spiro atoms. The Labute approximate surface area is 168 Å². The Morgan fingerprint density at radius 2 is 1.83 bits per heavy atom. The van der Waals surface area contributed by atoms with Gasteiger partial charge in [0, 0.05) is 0 Å². The Morgan fingerprint density at radius 3 is 2.40 bits per heavy atom. The van der Waals surface area contributed by atoms with Gasteiger partial charge in [-0.05, 0) is 29.8 Å². The van der Waals surface area contributed by atoms with Crippen molar-refractivity contribution in [3.63, 3.8) is 0 Å². The molecule has 0 unspecified atom stereocenters. The molecule has 1 N–H and O–H groups in total. The largest absolute Gasteiger partial charge is 0.573 e. The summed E-state index contributed by atoms with van der Waals surface area (Å²) in [5.41, 5.74) is 0.439. The summed E-state index contributed by atoms with van der Waals surface area (Å²) >= 11 is 0. The Kier molecular flexibility index (Phi) is 5.82. The molecule has 0 fully saturated rings. The molecule has 1 aliphatic heterocycles. The van der Waals surface area contributed by atoms with E-state index in [0.717, 1.165) is 18.4 Å². The van der Waals surface area contributed by atoms with Gasteiger partial charge in [0.25, 0.3) is 5.91 Å². The number of ether oxygens (including phenoxy) is 2. The summed E-state index contributed by atoms with van der Waals surface area (Å²) in [5, 5.41) is 3.77. The number of rotatable bonds is 5. The van der Waals surface area contributed by atoms with Crippen molar-refractivity contribution in [2.24, 2.45) is 5.16 Å². The smallest absolute Gasteiger partial charge is 0.438 e. The molecule has 13 heteroatoms. The van der Waals surface area contributed by atoms with E-state index in [2.05, 4.69) is 14.9 Å². The van der Waals surface area contributed by atoms with Gasteiger partial charge in [-0.25, -0.2) is 18.1 Å². The zero-order chi connectivity index (χ0) is 21.9. The van der Waals surface area contributed by atoms with E-state index >= 15 is 0 Å². The number of hydrogen-bond donors (Lipinski definition) is 1. The van der Waals surface area contributed by atoms with E-state index in [4.69, 9.17) is 9.57 Å². The minimum absolute atomic E-state index is 0.128. The zero-order valence-corrected chi connectivity index (χ0v) is 16.0. The predicted molar refractivity (Wildman–Crippen MR) is 96.2 cm³/mol. The highest BCUT2D eigenvalue weighted by molar-refractivity contribution is 7.89. The fraction of sp³-hybridized carbons (Fsp3) is 0.235. The van der Waals surface area contributed by atoms with Gasteiger partial charge in [-0.15, -0.1) is 13.2 Å². The molecule has 1 aromatic heterocycles. The number of halogens is 3. The van der Waals surface area contributed by atoms with Gasteiger partial charge in [-0.2, -0.15) is 0 Å². The van der Waals surface area contributed by atoms with E-state index in [-0.39, 0.29) is 29.5 Å². The molecule has 2 heterocycles. The third-order valence-corrected chi connectivity index (χ3v) is 4.17. The van der Waals surface area contributed by atoms with Crippen molar-refractivity contribution < 1.29 is 40.7 Å². The third-order valence-electron chi connectivity index (χ3n) is 3.61. The molecule has 1 aliphatic rings. The van der Waals surface area contributed by atoms with Crippen LogP contribution in [-0.2, 0) is 14.9 Å². The van der Waals surface area contributed by atoms with Gasteiger partial charge in [0.15, 0.2) is 6.10 Å². The number of pyridine rings is 1. The second kappa shape index (κ2) is 8.18. The van der Waals surface area contributed by atoms with Gasteiger partial charge in [-0.3, -0.25) is 4.79 Å². The van der Waals surface area contributed by atoms with Crippen molar-refractivity contribution >= 4 is 21.8 Å². The van der Waals surface area contributed by atoms with Crippen LogP contribution < -0.4 is 14.2 Å². The van der Waals surface area contributed by atoms with Crippen molar-refractivity contribution in [1.29, 1.82) is 0 Å². The van der Waals surface area contributed by atoms with Crippen LogP contribution in [0, 0.1) is 0 Å². The van der Waals surface area contributed by atoms with Crippen LogP contribution >= 0.6 is 0 Å². The average molecular weight is 445 g/mol. The van der Waals surface area contributed by atoms with Crippen LogP contribution in [-0.4, -0.2) is 37.8 Å². The maximum atomic E-state index is 12.2. The maximum Gasteiger partial charge on any atom is 0.573 e. The van der Waals surface area contributed by atoms with Crippen LogP contribution in [0.15, 0.2) is 47.8 Å². The molecule has 0 radical (unpaired) electrons. The highest BCUT2D eigenvalue weighted by Crippen LogP contribution is 2.30. The van der Waals surface area contributed by atoms with Crippen LogP contribution in [0.25, 0.3) is 0 Å². The summed E-state index contributed by atoms with van der Waals surface area (Å²) in [7, 11) is -3.71. The van der Waals surface area contributed by atoms with Crippen LogP contribution in [0.1, 0.15) is 28.6 Å². The van der Waals surface area contributed by atoms with Gasteiger partial charge >= 0.3 is 6.36 Å². The molecule has 160 valence electrons. The number of aromatic nitrogens is 1. The van der Waals surface area contributed by atoms with E-state index in [1.807, 2.05) is 0 Å². The van der Waals surface area contributed by atoms with Gasteiger partial charge in [-0.1, -0.05) is 17.3 Å². The Balaban J connectivity index is 1.56. The normalized spacial score (nSPS) is 16.4. The highest BCUT2D eigenvalue weighted by Gasteiger charge is 2.31. The van der Waals surface area contributed by atoms with Crippen molar-refractivity contribution in [2.75, 3.05) is 6.26 Å². The molecular formula is C17H14F3N3O6S. The number of amides is 1. The van der Waals surface area contributed by atoms with E-state index in [0.29, 0.717) is 5.56 Å². The fourth-order valence-electron chi connectivity index (χ4n) is 2.41. The van der Waals surface area contributed by atoms with Gasteiger partial charge in [0.05, 0.1) is 18.9 Å². The summed E-state index contributed by atoms with van der Waals surface area (Å²) < 4.78 is 69.8. The second-order valence-electron chi connectivity index (χ2n) is 6.08. The Bertz CT molecular complexity index is 1050.